The van der Waals surface area contributed by atoms with Gasteiger partial charge in [0.2, 0.25) is 5.91 Å². The Morgan fingerprint density at radius 3 is 2.65 bits per heavy atom. The topological polar surface area (TPSA) is 38.3 Å². The van der Waals surface area contributed by atoms with Gasteiger partial charge in [0, 0.05) is 25.7 Å². The summed E-state index contributed by atoms with van der Waals surface area (Å²) >= 11 is 0. The first-order chi connectivity index (χ1) is 9.72. The highest BCUT2D eigenvalue weighted by atomic mass is 16.5. The molecule has 3 rings (SSSR count). The lowest BCUT2D eigenvalue weighted by Gasteiger charge is -2.29. The van der Waals surface area contributed by atoms with Crippen molar-refractivity contribution >= 4 is 5.91 Å². The number of amides is 1. The second kappa shape index (κ2) is 6.46. The van der Waals surface area contributed by atoms with Gasteiger partial charge >= 0.3 is 0 Å². The zero-order valence-corrected chi connectivity index (χ0v) is 12.8. The molecule has 2 bridgehead atoms. The van der Waals surface area contributed by atoms with Crippen LogP contribution in [0.4, 0.5) is 0 Å². The molecule has 0 spiro atoms. The number of carbonyl (C=O) groups excluding carboxylic acids is 1. The minimum Gasteiger partial charge on any atom is -0.381 e. The molecular weight excluding hydrogens is 250 g/mol. The predicted molar refractivity (Wildman–Crippen MR) is 79.3 cm³/mol. The smallest absolute Gasteiger partial charge is 0.220 e. The maximum absolute atomic E-state index is 12.1. The first-order valence-electron chi connectivity index (χ1n) is 8.59. The van der Waals surface area contributed by atoms with E-state index >= 15 is 0 Å². The zero-order valence-electron chi connectivity index (χ0n) is 12.8. The van der Waals surface area contributed by atoms with Gasteiger partial charge in [-0.05, 0) is 69.1 Å². The maximum atomic E-state index is 12.1. The molecule has 0 aromatic carbocycles. The molecule has 4 unspecified atom stereocenters. The molecule has 3 nitrogen and oxygen atoms in total. The van der Waals surface area contributed by atoms with Crippen molar-refractivity contribution in [1.82, 2.24) is 5.32 Å². The minimum atomic E-state index is 0.270. The third-order valence-corrected chi connectivity index (χ3v) is 5.94. The van der Waals surface area contributed by atoms with Gasteiger partial charge in [-0.25, -0.2) is 0 Å². The first-order valence-corrected chi connectivity index (χ1v) is 8.59. The molecule has 0 aromatic rings. The zero-order chi connectivity index (χ0) is 13.9. The summed E-state index contributed by atoms with van der Waals surface area (Å²) in [7, 11) is 0. The summed E-state index contributed by atoms with van der Waals surface area (Å²) in [5, 5.41) is 3.28. The Morgan fingerprint density at radius 2 is 2.00 bits per heavy atom. The summed E-state index contributed by atoms with van der Waals surface area (Å²) in [6, 6.07) is 0.382. The molecule has 1 aliphatic heterocycles. The molecule has 1 N–H and O–H groups in total. The third-order valence-electron chi connectivity index (χ3n) is 5.94. The van der Waals surface area contributed by atoms with E-state index in [1.807, 2.05) is 0 Å². The molecule has 1 amide bonds. The van der Waals surface area contributed by atoms with Crippen molar-refractivity contribution in [3.8, 4) is 0 Å². The van der Waals surface area contributed by atoms with Gasteiger partial charge in [-0.15, -0.1) is 0 Å². The van der Waals surface area contributed by atoms with Gasteiger partial charge in [0.1, 0.15) is 0 Å². The highest BCUT2D eigenvalue weighted by molar-refractivity contribution is 5.76. The van der Waals surface area contributed by atoms with E-state index in [2.05, 4.69) is 12.2 Å². The predicted octanol–water partition coefficient (Wildman–Crippen LogP) is 3.13. The van der Waals surface area contributed by atoms with E-state index < -0.39 is 0 Å². The van der Waals surface area contributed by atoms with Crippen LogP contribution in [-0.4, -0.2) is 25.2 Å². The van der Waals surface area contributed by atoms with E-state index in [0.29, 0.717) is 18.4 Å². The van der Waals surface area contributed by atoms with Crippen molar-refractivity contribution < 1.29 is 9.53 Å². The maximum Gasteiger partial charge on any atom is 0.220 e. The van der Waals surface area contributed by atoms with Crippen LogP contribution in [0.1, 0.15) is 58.3 Å². The van der Waals surface area contributed by atoms with Crippen LogP contribution < -0.4 is 5.32 Å². The number of hydrogen-bond acceptors (Lipinski definition) is 2. The molecular formula is C17H29NO2. The number of carbonyl (C=O) groups is 1. The van der Waals surface area contributed by atoms with Gasteiger partial charge in [-0.2, -0.15) is 0 Å². The average Bonchev–Trinajstić information content (AvgIpc) is 3.09. The van der Waals surface area contributed by atoms with Crippen LogP contribution in [0.2, 0.25) is 0 Å². The van der Waals surface area contributed by atoms with E-state index in [1.54, 1.807) is 0 Å². The van der Waals surface area contributed by atoms with Crippen LogP contribution in [0.15, 0.2) is 0 Å². The summed E-state index contributed by atoms with van der Waals surface area (Å²) in [5.74, 6) is 3.58. The highest BCUT2D eigenvalue weighted by Gasteiger charge is 2.42. The summed E-state index contributed by atoms with van der Waals surface area (Å²) in [6.07, 6.45) is 9.63. The summed E-state index contributed by atoms with van der Waals surface area (Å²) in [6.45, 7) is 3.99. The van der Waals surface area contributed by atoms with Crippen molar-refractivity contribution in [3.63, 3.8) is 0 Å². The molecule has 3 heteroatoms. The van der Waals surface area contributed by atoms with Gasteiger partial charge in [-0.3, -0.25) is 4.79 Å². The second-order valence-corrected chi connectivity index (χ2v) is 7.29. The molecule has 114 valence electrons. The molecule has 1 heterocycles. The monoisotopic (exact) mass is 279 g/mol. The van der Waals surface area contributed by atoms with Crippen LogP contribution >= 0.6 is 0 Å². The Morgan fingerprint density at radius 1 is 1.20 bits per heavy atom. The van der Waals surface area contributed by atoms with Crippen molar-refractivity contribution in [2.24, 2.45) is 23.7 Å². The van der Waals surface area contributed by atoms with Crippen LogP contribution in [0.25, 0.3) is 0 Å². The summed E-state index contributed by atoms with van der Waals surface area (Å²) < 4.78 is 5.37. The van der Waals surface area contributed by atoms with E-state index in [0.717, 1.165) is 50.2 Å². The molecule has 0 aromatic heterocycles. The Kier molecular flexibility index (Phi) is 4.65. The Labute approximate surface area is 122 Å². The minimum absolute atomic E-state index is 0.270. The molecule has 1 saturated heterocycles. The average molecular weight is 279 g/mol. The lowest BCUT2D eigenvalue weighted by molar-refractivity contribution is -0.122. The Balaban J connectivity index is 1.37. The van der Waals surface area contributed by atoms with Gasteiger partial charge in [-0.1, -0.05) is 6.42 Å². The normalized spacial score (nSPS) is 35.1. The number of rotatable bonds is 5. The summed E-state index contributed by atoms with van der Waals surface area (Å²) in [4.78, 5) is 12.1. The van der Waals surface area contributed by atoms with E-state index in [9.17, 15) is 4.79 Å². The quantitative estimate of drug-likeness (QED) is 0.839. The van der Waals surface area contributed by atoms with E-state index in [-0.39, 0.29) is 5.91 Å². The lowest BCUT2D eigenvalue weighted by atomic mass is 9.84. The lowest BCUT2D eigenvalue weighted by Crippen LogP contribution is -2.40. The van der Waals surface area contributed by atoms with Gasteiger partial charge < -0.3 is 10.1 Å². The van der Waals surface area contributed by atoms with Crippen molar-refractivity contribution in [3.05, 3.63) is 0 Å². The van der Waals surface area contributed by atoms with Gasteiger partial charge in [0.05, 0.1) is 0 Å². The number of hydrogen-bond donors (Lipinski definition) is 1. The van der Waals surface area contributed by atoms with Gasteiger partial charge in [0.25, 0.3) is 0 Å². The van der Waals surface area contributed by atoms with Crippen LogP contribution in [-0.2, 0) is 9.53 Å². The van der Waals surface area contributed by atoms with Crippen LogP contribution in [0.3, 0.4) is 0 Å². The number of fused-ring (bicyclic) bond motifs is 2. The van der Waals surface area contributed by atoms with Crippen LogP contribution in [0, 0.1) is 23.7 Å². The number of ether oxygens (including phenoxy) is 1. The standard InChI is InChI=1S/C17H29NO2/c1-12(16-11-14-2-4-15(16)10-14)18-17(19)5-3-13-6-8-20-9-7-13/h12-16H,2-11H2,1H3,(H,18,19). The third kappa shape index (κ3) is 3.36. The molecule has 2 aliphatic carbocycles. The van der Waals surface area contributed by atoms with Gasteiger partial charge in [0.15, 0.2) is 0 Å². The Bertz CT molecular complexity index is 338. The highest BCUT2D eigenvalue weighted by Crippen LogP contribution is 2.49. The fourth-order valence-corrected chi connectivity index (χ4v) is 4.71. The number of nitrogens with one attached hydrogen (secondary N) is 1. The molecule has 2 saturated carbocycles. The SMILES string of the molecule is CC(NC(=O)CCC1CCOCC1)C1CC2CCC1C2. The fraction of sp³-hybridized carbons (Fsp3) is 0.941. The molecule has 4 atom stereocenters. The molecule has 3 fully saturated rings. The Hall–Kier alpha value is -0.570. The molecule has 0 radical (unpaired) electrons. The van der Waals surface area contributed by atoms with E-state index in [1.165, 1.54) is 25.7 Å². The van der Waals surface area contributed by atoms with Crippen molar-refractivity contribution in [2.75, 3.05) is 13.2 Å². The fourth-order valence-electron chi connectivity index (χ4n) is 4.71. The van der Waals surface area contributed by atoms with Crippen LogP contribution in [0.5, 0.6) is 0 Å². The van der Waals surface area contributed by atoms with Crippen molar-refractivity contribution in [1.29, 1.82) is 0 Å². The van der Waals surface area contributed by atoms with Crippen molar-refractivity contribution in [2.45, 2.75) is 64.3 Å². The second-order valence-electron chi connectivity index (χ2n) is 7.29. The molecule has 20 heavy (non-hydrogen) atoms. The molecule has 3 aliphatic rings. The van der Waals surface area contributed by atoms with E-state index in [4.69, 9.17) is 4.74 Å². The first kappa shape index (κ1) is 14.4. The summed E-state index contributed by atoms with van der Waals surface area (Å²) in [5.41, 5.74) is 0. The largest absolute Gasteiger partial charge is 0.381 e.